The van der Waals surface area contributed by atoms with Crippen molar-refractivity contribution in [2.45, 2.75) is 6.43 Å². The SMILES string of the molecule is N#Cc1ncc(Cl)c(C(F)F)c1C(=O)O. The third kappa shape index (κ3) is 2.02. The number of hydrogen-bond donors (Lipinski definition) is 1. The van der Waals surface area contributed by atoms with Gasteiger partial charge in [-0.25, -0.2) is 18.6 Å². The Morgan fingerprint density at radius 2 is 2.27 bits per heavy atom. The third-order valence-electron chi connectivity index (χ3n) is 1.61. The number of aromatic nitrogens is 1. The molecule has 0 spiro atoms. The molecule has 1 aromatic heterocycles. The molecule has 1 rings (SSSR count). The van der Waals surface area contributed by atoms with Crippen molar-refractivity contribution in [3.63, 3.8) is 0 Å². The Morgan fingerprint density at radius 1 is 1.67 bits per heavy atom. The van der Waals surface area contributed by atoms with Crippen molar-refractivity contribution in [1.29, 1.82) is 5.26 Å². The molecule has 0 aromatic carbocycles. The summed E-state index contributed by atoms with van der Waals surface area (Å²) in [4.78, 5) is 14.0. The minimum absolute atomic E-state index is 0.471. The minimum atomic E-state index is -3.07. The molecule has 0 atom stereocenters. The third-order valence-corrected chi connectivity index (χ3v) is 1.91. The molecule has 0 saturated heterocycles. The zero-order valence-corrected chi connectivity index (χ0v) is 7.79. The maximum absolute atomic E-state index is 12.5. The molecule has 0 bridgehead atoms. The standard InChI is InChI=1S/C8H3ClF2N2O2/c9-3-2-13-4(1-12)6(8(14)15)5(3)7(10)11/h2,7H,(H,14,15). The molecule has 0 saturated carbocycles. The quantitative estimate of drug-likeness (QED) is 0.849. The number of carboxylic acids is 1. The Hall–Kier alpha value is -1.74. The van der Waals surface area contributed by atoms with E-state index in [1.807, 2.05) is 0 Å². The zero-order chi connectivity index (χ0) is 11.6. The fourth-order valence-electron chi connectivity index (χ4n) is 1.02. The van der Waals surface area contributed by atoms with Crippen LogP contribution in [0.4, 0.5) is 8.78 Å². The van der Waals surface area contributed by atoms with Gasteiger partial charge >= 0.3 is 5.97 Å². The largest absolute Gasteiger partial charge is 0.478 e. The predicted molar refractivity (Wildman–Crippen MR) is 45.9 cm³/mol. The van der Waals surface area contributed by atoms with E-state index >= 15 is 0 Å². The number of alkyl halides is 2. The van der Waals surface area contributed by atoms with Gasteiger partial charge in [-0.1, -0.05) is 11.6 Å². The van der Waals surface area contributed by atoms with Gasteiger partial charge in [0.05, 0.1) is 10.6 Å². The van der Waals surface area contributed by atoms with Gasteiger partial charge in [-0.05, 0) is 0 Å². The number of hydrogen-bond acceptors (Lipinski definition) is 3. The summed E-state index contributed by atoms with van der Waals surface area (Å²) in [6, 6.07) is 1.42. The first kappa shape index (κ1) is 11.3. The van der Waals surface area contributed by atoms with Crippen LogP contribution in [-0.4, -0.2) is 16.1 Å². The fraction of sp³-hybridized carbons (Fsp3) is 0.125. The van der Waals surface area contributed by atoms with Crippen LogP contribution in [0.3, 0.4) is 0 Å². The number of rotatable bonds is 2. The van der Waals surface area contributed by atoms with Crippen molar-refractivity contribution in [1.82, 2.24) is 4.98 Å². The van der Waals surface area contributed by atoms with Crippen LogP contribution in [0.25, 0.3) is 0 Å². The lowest BCUT2D eigenvalue weighted by Gasteiger charge is -2.07. The lowest BCUT2D eigenvalue weighted by molar-refractivity contribution is 0.0683. The van der Waals surface area contributed by atoms with Crippen molar-refractivity contribution < 1.29 is 18.7 Å². The fourth-order valence-corrected chi connectivity index (χ4v) is 1.24. The molecule has 0 unspecified atom stereocenters. The second-order valence-corrected chi connectivity index (χ2v) is 2.87. The monoisotopic (exact) mass is 232 g/mol. The molecule has 0 aliphatic carbocycles. The van der Waals surface area contributed by atoms with Crippen LogP contribution in [0.15, 0.2) is 6.20 Å². The van der Waals surface area contributed by atoms with Crippen LogP contribution in [0.2, 0.25) is 5.02 Å². The number of nitriles is 1. The van der Waals surface area contributed by atoms with Gasteiger partial charge < -0.3 is 5.11 Å². The summed E-state index contributed by atoms with van der Waals surface area (Å²) >= 11 is 5.38. The van der Waals surface area contributed by atoms with Gasteiger partial charge in [-0.2, -0.15) is 5.26 Å². The highest BCUT2D eigenvalue weighted by atomic mass is 35.5. The molecular formula is C8H3ClF2N2O2. The van der Waals surface area contributed by atoms with E-state index in [1.165, 1.54) is 6.07 Å². The van der Waals surface area contributed by atoms with E-state index in [9.17, 15) is 13.6 Å². The van der Waals surface area contributed by atoms with Crippen molar-refractivity contribution in [3.05, 3.63) is 28.0 Å². The Labute approximate surface area is 87.7 Å². The van der Waals surface area contributed by atoms with E-state index in [0.717, 1.165) is 6.20 Å². The molecule has 0 radical (unpaired) electrons. The number of halogens is 3. The molecule has 1 heterocycles. The van der Waals surface area contributed by atoms with Gasteiger partial charge in [0, 0.05) is 6.20 Å². The molecule has 0 amide bonds. The van der Waals surface area contributed by atoms with E-state index in [0.29, 0.717) is 0 Å². The van der Waals surface area contributed by atoms with E-state index in [1.54, 1.807) is 0 Å². The average Bonchev–Trinajstić information content (AvgIpc) is 2.16. The van der Waals surface area contributed by atoms with E-state index in [4.69, 9.17) is 22.0 Å². The molecule has 0 aliphatic heterocycles. The molecular weight excluding hydrogens is 230 g/mol. The van der Waals surface area contributed by atoms with Gasteiger partial charge in [0.2, 0.25) is 0 Å². The molecule has 78 valence electrons. The number of carbonyl (C=O) groups is 1. The lowest BCUT2D eigenvalue weighted by atomic mass is 10.1. The first-order valence-electron chi connectivity index (χ1n) is 3.59. The summed E-state index contributed by atoms with van der Waals surface area (Å²) in [7, 11) is 0. The topological polar surface area (TPSA) is 74.0 Å². The van der Waals surface area contributed by atoms with Crippen molar-refractivity contribution in [2.75, 3.05) is 0 Å². The van der Waals surface area contributed by atoms with E-state index < -0.39 is 34.2 Å². The molecule has 1 aromatic rings. The maximum atomic E-state index is 12.5. The second-order valence-electron chi connectivity index (χ2n) is 2.46. The smallest absolute Gasteiger partial charge is 0.339 e. The predicted octanol–water partition coefficient (Wildman–Crippen LogP) is 2.24. The summed E-state index contributed by atoms with van der Waals surface area (Å²) in [5.41, 5.74) is -2.31. The van der Waals surface area contributed by atoms with Crippen LogP contribution in [0.5, 0.6) is 0 Å². The van der Waals surface area contributed by atoms with Crippen LogP contribution < -0.4 is 0 Å². The number of aromatic carboxylic acids is 1. The Bertz CT molecular complexity index is 457. The summed E-state index contributed by atoms with van der Waals surface area (Å²) in [6.07, 6.45) is -2.24. The van der Waals surface area contributed by atoms with Gasteiger partial charge in [0.25, 0.3) is 6.43 Å². The minimum Gasteiger partial charge on any atom is -0.478 e. The Balaban J connectivity index is 3.60. The van der Waals surface area contributed by atoms with Gasteiger partial charge in [0.1, 0.15) is 11.6 Å². The highest BCUT2D eigenvalue weighted by Crippen LogP contribution is 2.31. The van der Waals surface area contributed by atoms with Crippen LogP contribution >= 0.6 is 11.6 Å². The number of pyridine rings is 1. The Kier molecular flexibility index (Phi) is 3.17. The molecule has 1 N–H and O–H groups in total. The second kappa shape index (κ2) is 4.19. The van der Waals surface area contributed by atoms with Crippen molar-refractivity contribution >= 4 is 17.6 Å². The highest BCUT2D eigenvalue weighted by Gasteiger charge is 2.25. The van der Waals surface area contributed by atoms with Crippen molar-refractivity contribution in [2.24, 2.45) is 0 Å². The molecule has 7 heteroatoms. The van der Waals surface area contributed by atoms with Gasteiger partial charge in [-0.3, -0.25) is 0 Å². The summed E-state index contributed by atoms with van der Waals surface area (Å²) in [6.45, 7) is 0. The van der Waals surface area contributed by atoms with Gasteiger partial charge in [0.15, 0.2) is 5.69 Å². The lowest BCUT2D eigenvalue weighted by Crippen LogP contribution is -2.08. The van der Waals surface area contributed by atoms with Crippen LogP contribution in [0, 0.1) is 11.3 Å². The van der Waals surface area contributed by atoms with Crippen molar-refractivity contribution in [3.8, 4) is 6.07 Å². The molecule has 0 aliphatic rings. The molecule has 4 nitrogen and oxygen atoms in total. The van der Waals surface area contributed by atoms with Crippen LogP contribution in [-0.2, 0) is 0 Å². The summed E-state index contributed by atoms with van der Waals surface area (Å²) < 4.78 is 25.0. The molecule has 15 heavy (non-hydrogen) atoms. The number of carboxylic acid groups (broad SMARTS) is 1. The van der Waals surface area contributed by atoms with Crippen LogP contribution in [0.1, 0.15) is 28.0 Å². The zero-order valence-electron chi connectivity index (χ0n) is 7.04. The molecule has 0 fully saturated rings. The summed E-state index contributed by atoms with van der Waals surface area (Å²) in [5, 5.41) is 16.7. The maximum Gasteiger partial charge on any atom is 0.339 e. The normalized spacial score (nSPS) is 10.1. The van der Waals surface area contributed by atoms with E-state index in [-0.39, 0.29) is 0 Å². The Morgan fingerprint density at radius 3 is 2.67 bits per heavy atom. The highest BCUT2D eigenvalue weighted by molar-refractivity contribution is 6.31. The summed E-state index contributed by atoms with van der Waals surface area (Å²) in [5.74, 6) is -1.66. The first-order valence-corrected chi connectivity index (χ1v) is 3.96. The van der Waals surface area contributed by atoms with Gasteiger partial charge in [-0.15, -0.1) is 0 Å². The average molecular weight is 233 g/mol. The first-order chi connectivity index (χ1) is 6.99. The van der Waals surface area contributed by atoms with E-state index in [2.05, 4.69) is 4.98 Å². The number of nitrogens with zero attached hydrogens (tertiary/aromatic N) is 2.